The van der Waals surface area contributed by atoms with Crippen molar-refractivity contribution in [3.05, 3.63) is 59.8 Å². The van der Waals surface area contributed by atoms with Crippen LogP contribution in [0.3, 0.4) is 0 Å². The van der Waals surface area contributed by atoms with Gasteiger partial charge in [0, 0.05) is 38.2 Å². The summed E-state index contributed by atoms with van der Waals surface area (Å²) in [6.45, 7) is 3.66. The highest BCUT2D eigenvalue weighted by Gasteiger charge is 2.27. The Morgan fingerprint density at radius 1 is 1.12 bits per heavy atom. The number of aryl methyl sites for hydroxylation is 1. The van der Waals surface area contributed by atoms with Crippen molar-refractivity contribution >= 4 is 23.7 Å². The van der Waals surface area contributed by atoms with Gasteiger partial charge in [-0.15, -0.1) is 0 Å². The van der Waals surface area contributed by atoms with Crippen molar-refractivity contribution in [3.8, 4) is 0 Å². The Morgan fingerprint density at radius 3 is 2.59 bits per heavy atom. The number of pyridine rings is 1. The first-order chi connectivity index (χ1) is 15.5. The molecule has 0 aliphatic carbocycles. The number of nitrogens with zero attached hydrogens (tertiary/aromatic N) is 2. The molecule has 170 valence electrons. The van der Waals surface area contributed by atoms with E-state index in [0.717, 1.165) is 11.1 Å². The minimum atomic E-state index is -0.490. The SMILES string of the molecule is Cc1ccnc(NC(=O)C2CCN(C(=O)CCCNC(=O)OCc3ccccc3)CC2)c1. The number of amides is 3. The predicted molar refractivity (Wildman–Crippen MR) is 121 cm³/mol. The van der Waals surface area contributed by atoms with Gasteiger partial charge < -0.3 is 20.3 Å². The highest BCUT2D eigenvalue weighted by Crippen LogP contribution is 2.20. The number of alkyl carbamates (subject to hydrolysis) is 1. The number of nitrogens with one attached hydrogen (secondary N) is 2. The summed E-state index contributed by atoms with van der Waals surface area (Å²) >= 11 is 0. The minimum absolute atomic E-state index is 0.0451. The smallest absolute Gasteiger partial charge is 0.407 e. The van der Waals surface area contributed by atoms with Crippen LogP contribution < -0.4 is 10.6 Å². The lowest BCUT2D eigenvalue weighted by atomic mass is 9.95. The molecule has 0 saturated carbocycles. The molecule has 0 spiro atoms. The summed E-state index contributed by atoms with van der Waals surface area (Å²) in [5, 5.41) is 5.53. The summed E-state index contributed by atoms with van der Waals surface area (Å²) in [6, 6.07) is 13.2. The van der Waals surface area contributed by atoms with Crippen LogP contribution in [0, 0.1) is 12.8 Å². The zero-order valence-corrected chi connectivity index (χ0v) is 18.4. The van der Waals surface area contributed by atoms with Crippen molar-refractivity contribution in [1.82, 2.24) is 15.2 Å². The Kier molecular flexibility index (Phi) is 8.60. The maximum Gasteiger partial charge on any atom is 0.407 e. The highest BCUT2D eigenvalue weighted by molar-refractivity contribution is 5.92. The Labute approximate surface area is 188 Å². The van der Waals surface area contributed by atoms with E-state index < -0.39 is 6.09 Å². The van der Waals surface area contributed by atoms with E-state index in [2.05, 4.69) is 15.6 Å². The standard InChI is InChI=1S/C24H30N4O4/c1-18-9-13-25-21(16-18)27-23(30)20-10-14-28(15-11-20)22(29)8-5-12-26-24(31)32-17-19-6-3-2-4-7-19/h2-4,6-7,9,13,16,20H,5,8,10-12,14-15,17H2,1H3,(H,26,31)(H,25,27,30). The molecule has 2 N–H and O–H groups in total. The average molecular weight is 439 g/mol. The zero-order chi connectivity index (χ0) is 22.8. The minimum Gasteiger partial charge on any atom is -0.445 e. The van der Waals surface area contributed by atoms with Crippen LogP contribution >= 0.6 is 0 Å². The van der Waals surface area contributed by atoms with Crippen LogP contribution in [0.15, 0.2) is 48.7 Å². The van der Waals surface area contributed by atoms with Crippen LogP contribution in [0.4, 0.5) is 10.6 Å². The van der Waals surface area contributed by atoms with E-state index in [1.807, 2.05) is 49.4 Å². The van der Waals surface area contributed by atoms with Crippen LogP contribution in [0.25, 0.3) is 0 Å². The number of hydrogen-bond donors (Lipinski definition) is 2. The Morgan fingerprint density at radius 2 is 1.88 bits per heavy atom. The van der Waals surface area contributed by atoms with Crippen molar-refractivity contribution in [2.75, 3.05) is 25.0 Å². The number of carbonyl (C=O) groups excluding carboxylic acids is 3. The third kappa shape index (κ3) is 7.37. The molecule has 3 amide bonds. The second-order valence-electron chi connectivity index (χ2n) is 7.95. The average Bonchev–Trinajstić information content (AvgIpc) is 2.81. The fourth-order valence-electron chi connectivity index (χ4n) is 3.59. The largest absolute Gasteiger partial charge is 0.445 e. The van der Waals surface area contributed by atoms with Crippen molar-refractivity contribution in [3.63, 3.8) is 0 Å². The molecule has 0 radical (unpaired) electrons. The molecule has 0 bridgehead atoms. The van der Waals surface area contributed by atoms with Gasteiger partial charge in [-0.25, -0.2) is 9.78 Å². The van der Waals surface area contributed by atoms with E-state index in [1.54, 1.807) is 11.1 Å². The lowest BCUT2D eigenvalue weighted by molar-refractivity contribution is -0.134. The summed E-state index contributed by atoms with van der Waals surface area (Å²) < 4.78 is 5.15. The van der Waals surface area contributed by atoms with Gasteiger partial charge in [0.2, 0.25) is 11.8 Å². The van der Waals surface area contributed by atoms with Crippen LogP contribution in [-0.4, -0.2) is 47.4 Å². The number of likely N-dealkylation sites (tertiary alicyclic amines) is 1. The van der Waals surface area contributed by atoms with Gasteiger partial charge in [-0.3, -0.25) is 9.59 Å². The molecule has 1 aliphatic rings. The van der Waals surface area contributed by atoms with E-state index in [0.29, 0.717) is 51.1 Å². The number of aromatic nitrogens is 1. The van der Waals surface area contributed by atoms with E-state index in [-0.39, 0.29) is 24.3 Å². The Hall–Kier alpha value is -3.42. The molecule has 0 unspecified atom stereocenters. The van der Waals surface area contributed by atoms with Gasteiger partial charge in [0.05, 0.1) is 0 Å². The van der Waals surface area contributed by atoms with E-state index in [1.165, 1.54) is 0 Å². The van der Waals surface area contributed by atoms with Crippen LogP contribution in [0.2, 0.25) is 0 Å². The summed E-state index contributed by atoms with van der Waals surface area (Å²) in [6.07, 6.45) is 3.34. The quantitative estimate of drug-likeness (QED) is 0.616. The van der Waals surface area contributed by atoms with Gasteiger partial charge in [-0.1, -0.05) is 30.3 Å². The third-order valence-electron chi connectivity index (χ3n) is 5.43. The summed E-state index contributed by atoms with van der Waals surface area (Å²) in [5.41, 5.74) is 1.96. The maximum atomic E-state index is 12.5. The molecule has 8 heteroatoms. The van der Waals surface area contributed by atoms with Gasteiger partial charge in [0.25, 0.3) is 0 Å². The van der Waals surface area contributed by atoms with Gasteiger partial charge >= 0.3 is 6.09 Å². The zero-order valence-electron chi connectivity index (χ0n) is 18.4. The number of hydrogen-bond acceptors (Lipinski definition) is 5. The molecule has 32 heavy (non-hydrogen) atoms. The normalized spacial score (nSPS) is 14.0. The van der Waals surface area contributed by atoms with E-state index >= 15 is 0 Å². The molecule has 1 aromatic heterocycles. The van der Waals surface area contributed by atoms with Crippen molar-refractivity contribution in [2.24, 2.45) is 5.92 Å². The Balaban J connectivity index is 1.29. The molecule has 1 fully saturated rings. The van der Waals surface area contributed by atoms with Gasteiger partial charge in [-0.2, -0.15) is 0 Å². The van der Waals surface area contributed by atoms with Gasteiger partial charge in [0.1, 0.15) is 12.4 Å². The topological polar surface area (TPSA) is 101 Å². The monoisotopic (exact) mass is 438 g/mol. The molecule has 3 rings (SSSR count). The first kappa shape index (κ1) is 23.2. The lowest BCUT2D eigenvalue weighted by Gasteiger charge is -2.31. The second-order valence-corrected chi connectivity index (χ2v) is 7.95. The van der Waals surface area contributed by atoms with Crippen molar-refractivity contribution in [1.29, 1.82) is 0 Å². The number of anilines is 1. The number of piperidine rings is 1. The van der Waals surface area contributed by atoms with Crippen LogP contribution in [0.1, 0.15) is 36.8 Å². The predicted octanol–water partition coefficient (Wildman–Crippen LogP) is 3.27. The maximum absolute atomic E-state index is 12.5. The fourth-order valence-corrected chi connectivity index (χ4v) is 3.59. The van der Waals surface area contributed by atoms with Crippen LogP contribution in [-0.2, 0) is 20.9 Å². The molecule has 0 atom stereocenters. The first-order valence-electron chi connectivity index (χ1n) is 11.0. The highest BCUT2D eigenvalue weighted by atomic mass is 16.5. The van der Waals surface area contributed by atoms with Crippen LogP contribution in [0.5, 0.6) is 0 Å². The number of ether oxygens (including phenoxy) is 1. The number of rotatable bonds is 8. The number of carbonyl (C=O) groups is 3. The van der Waals surface area contributed by atoms with E-state index in [9.17, 15) is 14.4 Å². The molecule has 1 aromatic carbocycles. The molecular weight excluding hydrogens is 408 g/mol. The lowest BCUT2D eigenvalue weighted by Crippen LogP contribution is -2.41. The molecular formula is C24H30N4O4. The second kappa shape index (κ2) is 11.8. The fraction of sp³-hybridized carbons (Fsp3) is 0.417. The van der Waals surface area contributed by atoms with Gasteiger partial charge in [-0.05, 0) is 49.4 Å². The Bertz CT molecular complexity index is 911. The van der Waals surface area contributed by atoms with Crippen molar-refractivity contribution in [2.45, 2.75) is 39.2 Å². The summed E-state index contributed by atoms with van der Waals surface area (Å²) in [4.78, 5) is 42.6. The first-order valence-corrected chi connectivity index (χ1v) is 11.0. The summed E-state index contributed by atoms with van der Waals surface area (Å²) in [7, 11) is 0. The van der Waals surface area contributed by atoms with Gasteiger partial charge in [0.15, 0.2) is 0 Å². The molecule has 1 saturated heterocycles. The molecule has 8 nitrogen and oxygen atoms in total. The number of benzene rings is 1. The van der Waals surface area contributed by atoms with E-state index in [4.69, 9.17) is 4.74 Å². The molecule has 1 aliphatic heterocycles. The molecule has 2 aromatic rings. The summed E-state index contributed by atoms with van der Waals surface area (Å²) in [5.74, 6) is 0.433. The third-order valence-corrected chi connectivity index (χ3v) is 5.43. The molecule has 2 heterocycles. The van der Waals surface area contributed by atoms with Crippen molar-refractivity contribution < 1.29 is 19.1 Å².